The molecule has 9 aromatic rings. The van der Waals surface area contributed by atoms with E-state index in [1.165, 1.54) is 33.0 Å². The number of rotatable bonds is 6. The molecule has 0 bridgehead atoms. The van der Waals surface area contributed by atoms with E-state index in [4.69, 9.17) is 4.42 Å². The Bertz CT molecular complexity index is 2560. The maximum Gasteiger partial charge on any atom is 0.136 e. The van der Waals surface area contributed by atoms with E-state index in [0.717, 1.165) is 50.1 Å². The van der Waals surface area contributed by atoms with Crippen LogP contribution in [0.15, 0.2) is 192 Å². The molecular formula is C46H31NO. The molecule has 0 aliphatic rings. The van der Waals surface area contributed by atoms with Crippen molar-refractivity contribution in [3.05, 3.63) is 188 Å². The Kier molecular flexibility index (Phi) is 6.84. The summed E-state index contributed by atoms with van der Waals surface area (Å²) in [6.45, 7) is 0. The maximum absolute atomic E-state index is 6.25. The van der Waals surface area contributed by atoms with E-state index in [9.17, 15) is 0 Å². The van der Waals surface area contributed by atoms with E-state index in [0.29, 0.717) is 0 Å². The molecule has 0 N–H and O–H groups in total. The maximum atomic E-state index is 6.25. The highest BCUT2D eigenvalue weighted by Gasteiger charge is 2.16. The van der Waals surface area contributed by atoms with Gasteiger partial charge in [0.1, 0.15) is 11.2 Å². The van der Waals surface area contributed by atoms with Gasteiger partial charge >= 0.3 is 0 Å². The molecule has 48 heavy (non-hydrogen) atoms. The zero-order chi connectivity index (χ0) is 31.9. The number of hydrogen-bond donors (Lipinski definition) is 0. The molecule has 0 atom stereocenters. The third kappa shape index (κ3) is 5.01. The fourth-order valence-corrected chi connectivity index (χ4v) is 6.90. The van der Waals surface area contributed by atoms with Crippen LogP contribution >= 0.6 is 0 Å². The van der Waals surface area contributed by atoms with Gasteiger partial charge in [-0.1, -0.05) is 133 Å². The zero-order valence-corrected chi connectivity index (χ0v) is 26.3. The Morgan fingerprint density at radius 1 is 0.312 bits per heavy atom. The highest BCUT2D eigenvalue weighted by atomic mass is 16.3. The summed E-state index contributed by atoms with van der Waals surface area (Å²) in [4.78, 5) is 2.35. The van der Waals surface area contributed by atoms with Gasteiger partial charge in [0.25, 0.3) is 0 Å². The van der Waals surface area contributed by atoms with Crippen molar-refractivity contribution in [3.8, 4) is 33.4 Å². The molecule has 1 heterocycles. The number of nitrogens with zero attached hydrogens (tertiary/aromatic N) is 1. The fraction of sp³-hybridized carbons (Fsp3) is 0. The average Bonchev–Trinajstić information content (AvgIpc) is 3.54. The molecule has 1 aromatic heterocycles. The van der Waals surface area contributed by atoms with Crippen LogP contribution in [0.3, 0.4) is 0 Å². The molecule has 0 radical (unpaired) electrons. The van der Waals surface area contributed by atoms with Crippen LogP contribution in [0.1, 0.15) is 0 Å². The van der Waals surface area contributed by atoms with Crippen LogP contribution in [-0.4, -0.2) is 0 Å². The minimum absolute atomic E-state index is 0.898. The largest absolute Gasteiger partial charge is 0.456 e. The Labute approximate surface area is 279 Å². The minimum atomic E-state index is 0.898. The summed E-state index contributed by atoms with van der Waals surface area (Å²) in [6.07, 6.45) is 0. The topological polar surface area (TPSA) is 16.4 Å². The van der Waals surface area contributed by atoms with Gasteiger partial charge in [-0.05, 0) is 98.8 Å². The first-order valence-corrected chi connectivity index (χ1v) is 16.3. The normalized spacial score (nSPS) is 11.3. The Morgan fingerprint density at radius 3 is 1.71 bits per heavy atom. The predicted molar refractivity (Wildman–Crippen MR) is 202 cm³/mol. The minimum Gasteiger partial charge on any atom is -0.456 e. The molecule has 0 aliphatic carbocycles. The lowest BCUT2D eigenvalue weighted by Crippen LogP contribution is -2.10. The van der Waals surface area contributed by atoms with Crippen molar-refractivity contribution in [1.29, 1.82) is 0 Å². The number of para-hydroxylation sites is 1. The van der Waals surface area contributed by atoms with Crippen molar-refractivity contribution < 1.29 is 4.42 Å². The standard InChI is InChI=1S/C46H31NO/c1-2-11-32(12-3-1)33-23-26-38(27-24-33)47(40-18-9-16-37(30-40)42-21-10-14-34-13-4-5-19-41(34)42)39-17-8-15-35(29-39)36-25-28-44-43-20-6-7-22-45(43)48-46(44)31-36/h1-31H. The molecule has 2 heteroatoms. The van der Waals surface area contributed by atoms with E-state index in [2.05, 4.69) is 181 Å². The van der Waals surface area contributed by atoms with Crippen molar-refractivity contribution in [1.82, 2.24) is 0 Å². The van der Waals surface area contributed by atoms with Gasteiger partial charge in [-0.25, -0.2) is 0 Å². The second kappa shape index (κ2) is 11.8. The molecule has 0 unspecified atom stereocenters. The lowest BCUT2D eigenvalue weighted by Gasteiger charge is -2.27. The van der Waals surface area contributed by atoms with Gasteiger partial charge in [-0.15, -0.1) is 0 Å². The number of benzene rings is 8. The van der Waals surface area contributed by atoms with E-state index in [1.54, 1.807) is 0 Å². The van der Waals surface area contributed by atoms with Crippen LogP contribution in [0.4, 0.5) is 17.1 Å². The summed E-state index contributed by atoms with van der Waals surface area (Å²) < 4.78 is 6.25. The summed E-state index contributed by atoms with van der Waals surface area (Å²) in [5.41, 5.74) is 12.1. The van der Waals surface area contributed by atoms with Gasteiger partial charge in [0, 0.05) is 27.8 Å². The van der Waals surface area contributed by atoms with Gasteiger partial charge in [0.2, 0.25) is 0 Å². The summed E-state index contributed by atoms with van der Waals surface area (Å²) in [5, 5.41) is 4.77. The van der Waals surface area contributed by atoms with Crippen LogP contribution in [0, 0.1) is 0 Å². The highest BCUT2D eigenvalue weighted by Crippen LogP contribution is 2.40. The number of anilines is 3. The zero-order valence-electron chi connectivity index (χ0n) is 26.3. The average molecular weight is 614 g/mol. The third-order valence-electron chi connectivity index (χ3n) is 9.25. The van der Waals surface area contributed by atoms with Crippen LogP contribution in [-0.2, 0) is 0 Å². The molecule has 226 valence electrons. The quantitative estimate of drug-likeness (QED) is 0.185. The smallest absolute Gasteiger partial charge is 0.136 e. The van der Waals surface area contributed by atoms with Gasteiger partial charge in [-0.3, -0.25) is 0 Å². The first kappa shape index (κ1) is 27.9. The van der Waals surface area contributed by atoms with Gasteiger partial charge < -0.3 is 9.32 Å². The monoisotopic (exact) mass is 613 g/mol. The lowest BCUT2D eigenvalue weighted by atomic mass is 9.97. The highest BCUT2D eigenvalue weighted by molar-refractivity contribution is 6.06. The fourth-order valence-electron chi connectivity index (χ4n) is 6.90. The molecule has 2 nitrogen and oxygen atoms in total. The second-order valence-electron chi connectivity index (χ2n) is 12.2. The molecule has 0 spiro atoms. The van der Waals surface area contributed by atoms with E-state index in [1.807, 2.05) is 12.1 Å². The van der Waals surface area contributed by atoms with Gasteiger partial charge in [-0.2, -0.15) is 0 Å². The second-order valence-corrected chi connectivity index (χ2v) is 12.2. The van der Waals surface area contributed by atoms with Gasteiger partial charge in [0.15, 0.2) is 0 Å². The molecule has 0 saturated carbocycles. The van der Waals surface area contributed by atoms with Crippen molar-refractivity contribution in [2.45, 2.75) is 0 Å². The Hall–Kier alpha value is -6.38. The van der Waals surface area contributed by atoms with Crippen molar-refractivity contribution >= 4 is 49.8 Å². The molecular weight excluding hydrogens is 583 g/mol. The van der Waals surface area contributed by atoms with Crippen LogP contribution in [0.25, 0.3) is 66.1 Å². The van der Waals surface area contributed by atoms with Crippen molar-refractivity contribution in [2.75, 3.05) is 4.90 Å². The lowest BCUT2D eigenvalue weighted by molar-refractivity contribution is 0.669. The van der Waals surface area contributed by atoms with Crippen molar-refractivity contribution in [3.63, 3.8) is 0 Å². The molecule has 8 aromatic carbocycles. The molecule has 0 aliphatic heterocycles. The summed E-state index contributed by atoms with van der Waals surface area (Å²) in [6, 6.07) is 67.0. The summed E-state index contributed by atoms with van der Waals surface area (Å²) in [5.74, 6) is 0. The first-order valence-electron chi connectivity index (χ1n) is 16.3. The van der Waals surface area contributed by atoms with E-state index in [-0.39, 0.29) is 0 Å². The first-order chi connectivity index (χ1) is 23.8. The van der Waals surface area contributed by atoms with E-state index < -0.39 is 0 Å². The van der Waals surface area contributed by atoms with Gasteiger partial charge in [0.05, 0.1) is 0 Å². The number of hydrogen-bond acceptors (Lipinski definition) is 2. The Morgan fingerprint density at radius 2 is 0.875 bits per heavy atom. The third-order valence-corrected chi connectivity index (χ3v) is 9.25. The number of furan rings is 1. The van der Waals surface area contributed by atoms with Crippen LogP contribution in [0.2, 0.25) is 0 Å². The molecule has 0 saturated heterocycles. The molecule has 0 fully saturated rings. The van der Waals surface area contributed by atoms with E-state index >= 15 is 0 Å². The number of fused-ring (bicyclic) bond motifs is 4. The predicted octanol–water partition coefficient (Wildman–Crippen LogP) is 13.2. The molecule has 9 rings (SSSR count). The summed E-state index contributed by atoms with van der Waals surface area (Å²) >= 11 is 0. The van der Waals surface area contributed by atoms with Crippen LogP contribution in [0.5, 0.6) is 0 Å². The van der Waals surface area contributed by atoms with Crippen molar-refractivity contribution in [2.24, 2.45) is 0 Å². The van der Waals surface area contributed by atoms with Crippen LogP contribution < -0.4 is 4.90 Å². The molecule has 0 amide bonds. The SMILES string of the molecule is c1ccc(-c2ccc(N(c3cccc(-c4ccc5c(c4)oc4ccccc45)c3)c3cccc(-c4cccc5ccccc45)c3)cc2)cc1. The summed E-state index contributed by atoms with van der Waals surface area (Å²) in [7, 11) is 0. The Balaban J connectivity index is 1.17.